The van der Waals surface area contributed by atoms with Gasteiger partial charge in [0.15, 0.2) is 0 Å². The Labute approximate surface area is 105 Å². The molecule has 3 N–H and O–H groups in total. The molecule has 0 aromatic heterocycles. The van der Waals surface area contributed by atoms with Crippen LogP contribution in [0.15, 0.2) is 0 Å². The zero-order chi connectivity index (χ0) is 13.8. The highest BCUT2D eigenvalue weighted by molar-refractivity contribution is 7.87. The van der Waals surface area contributed by atoms with Crippen LogP contribution in [0.4, 0.5) is 13.2 Å². The van der Waals surface area contributed by atoms with Gasteiger partial charge in [-0.1, -0.05) is 6.92 Å². The Balaban J connectivity index is 2.40. The smallest absolute Gasteiger partial charge is 0.305 e. The van der Waals surface area contributed by atoms with E-state index in [1.807, 2.05) is 6.92 Å². The predicted molar refractivity (Wildman–Crippen MR) is 61.2 cm³/mol. The lowest BCUT2D eigenvalue weighted by molar-refractivity contribution is -0.160. The highest BCUT2D eigenvalue weighted by Crippen LogP contribution is 2.26. The Kier molecular flexibility index (Phi) is 5.38. The summed E-state index contributed by atoms with van der Waals surface area (Å²) in [6.07, 6.45) is -3.57. The van der Waals surface area contributed by atoms with E-state index in [0.717, 1.165) is 0 Å². The van der Waals surface area contributed by atoms with Crippen molar-refractivity contribution in [3.63, 3.8) is 0 Å². The Morgan fingerprint density at radius 1 is 1.33 bits per heavy atom. The highest BCUT2D eigenvalue weighted by atomic mass is 32.2. The molecule has 108 valence electrons. The molecule has 1 aliphatic rings. The highest BCUT2D eigenvalue weighted by Gasteiger charge is 2.41. The van der Waals surface area contributed by atoms with Gasteiger partial charge in [0.05, 0.1) is 0 Å². The van der Waals surface area contributed by atoms with E-state index < -0.39 is 28.5 Å². The Bertz CT molecular complexity index is 351. The summed E-state index contributed by atoms with van der Waals surface area (Å²) in [5.74, 6) is 0. The maximum atomic E-state index is 12.4. The van der Waals surface area contributed by atoms with Crippen molar-refractivity contribution in [1.82, 2.24) is 14.8 Å². The van der Waals surface area contributed by atoms with Crippen LogP contribution in [-0.2, 0) is 10.2 Å². The van der Waals surface area contributed by atoms with Gasteiger partial charge in [0.1, 0.15) is 6.04 Å². The standard InChI is InChI=1S/C9H18F3N3O2S/c1-2-5-14-18(16,17)15-7-3-4-8(13-6-7)9(10,11)12/h7-8,13-15H,2-6H2,1H3. The van der Waals surface area contributed by atoms with Gasteiger partial charge in [-0.2, -0.15) is 26.3 Å². The van der Waals surface area contributed by atoms with E-state index >= 15 is 0 Å². The molecular weight excluding hydrogens is 271 g/mol. The Morgan fingerprint density at radius 2 is 2.00 bits per heavy atom. The molecule has 0 amide bonds. The third kappa shape index (κ3) is 5.09. The third-order valence-corrected chi connectivity index (χ3v) is 3.90. The molecule has 1 rings (SSSR count). The molecule has 1 saturated heterocycles. The summed E-state index contributed by atoms with van der Waals surface area (Å²) in [7, 11) is -3.62. The average Bonchev–Trinajstić information content (AvgIpc) is 2.25. The molecule has 2 unspecified atom stereocenters. The maximum Gasteiger partial charge on any atom is 0.403 e. The van der Waals surface area contributed by atoms with Crippen LogP contribution >= 0.6 is 0 Å². The summed E-state index contributed by atoms with van der Waals surface area (Å²) in [5, 5.41) is 2.31. The van der Waals surface area contributed by atoms with E-state index in [9.17, 15) is 21.6 Å². The number of piperidine rings is 1. The number of nitrogens with one attached hydrogen (secondary N) is 3. The van der Waals surface area contributed by atoms with E-state index in [1.54, 1.807) is 0 Å². The van der Waals surface area contributed by atoms with Gasteiger partial charge in [0, 0.05) is 19.1 Å². The fourth-order valence-electron chi connectivity index (χ4n) is 1.73. The molecule has 18 heavy (non-hydrogen) atoms. The fourth-order valence-corrected chi connectivity index (χ4v) is 2.93. The van der Waals surface area contributed by atoms with Crippen LogP contribution in [-0.4, -0.2) is 39.8 Å². The average molecular weight is 289 g/mol. The van der Waals surface area contributed by atoms with Gasteiger partial charge in [-0.05, 0) is 19.3 Å². The molecule has 2 atom stereocenters. The monoisotopic (exact) mass is 289 g/mol. The van der Waals surface area contributed by atoms with Crippen molar-refractivity contribution in [2.75, 3.05) is 13.1 Å². The number of hydrogen-bond donors (Lipinski definition) is 3. The van der Waals surface area contributed by atoms with Gasteiger partial charge >= 0.3 is 6.18 Å². The van der Waals surface area contributed by atoms with E-state index in [2.05, 4.69) is 14.8 Å². The zero-order valence-corrected chi connectivity index (χ0v) is 10.9. The molecule has 0 aliphatic carbocycles. The minimum atomic E-state index is -4.27. The molecule has 0 saturated carbocycles. The van der Waals surface area contributed by atoms with Gasteiger partial charge < -0.3 is 5.32 Å². The van der Waals surface area contributed by atoms with Crippen LogP contribution in [0.3, 0.4) is 0 Å². The first-order valence-corrected chi connectivity index (χ1v) is 7.30. The van der Waals surface area contributed by atoms with Crippen molar-refractivity contribution >= 4 is 10.2 Å². The minimum absolute atomic E-state index is 0.0167. The molecular formula is C9H18F3N3O2S. The second-order valence-corrected chi connectivity index (χ2v) is 5.82. The first-order chi connectivity index (χ1) is 8.24. The van der Waals surface area contributed by atoms with Crippen molar-refractivity contribution < 1.29 is 21.6 Å². The van der Waals surface area contributed by atoms with Crippen molar-refractivity contribution in [2.45, 2.75) is 44.4 Å². The van der Waals surface area contributed by atoms with Crippen LogP contribution in [0, 0.1) is 0 Å². The van der Waals surface area contributed by atoms with Gasteiger partial charge in [0.2, 0.25) is 0 Å². The largest absolute Gasteiger partial charge is 0.403 e. The molecule has 9 heteroatoms. The molecule has 5 nitrogen and oxygen atoms in total. The topological polar surface area (TPSA) is 70.2 Å². The normalized spacial score (nSPS) is 26.2. The summed E-state index contributed by atoms with van der Waals surface area (Å²) < 4.78 is 64.6. The van der Waals surface area contributed by atoms with Gasteiger partial charge in [-0.3, -0.25) is 0 Å². The summed E-state index contributed by atoms with van der Waals surface area (Å²) >= 11 is 0. The number of halogens is 3. The summed E-state index contributed by atoms with van der Waals surface area (Å²) in [4.78, 5) is 0. The minimum Gasteiger partial charge on any atom is -0.305 e. The lowest BCUT2D eigenvalue weighted by Crippen LogP contribution is -2.55. The molecule has 0 aromatic rings. The molecule has 0 bridgehead atoms. The van der Waals surface area contributed by atoms with Crippen molar-refractivity contribution in [3.8, 4) is 0 Å². The van der Waals surface area contributed by atoms with Gasteiger partial charge in [-0.15, -0.1) is 0 Å². The van der Waals surface area contributed by atoms with Crippen LogP contribution < -0.4 is 14.8 Å². The predicted octanol–water partition coefficient (Wildman–Crippen LogP) is 0.503. The fraction of sp³-hybridized carbons (Fsp3) is 1.00. The Hall–Kier alpha value is -0.380. The second-order valence-electron chi connectivity index (χ2n) is 4.29. The molecule has 1 aliphatic heterocycles. The maximum absolute atomic E-state index is 12.4. The van der Waals surface area contributed by atoms with E-state index in [4.69, 9.17) is 0 Å². The molecule has 0 spiro atoms. The molecule has 0 radical (unpaired) electrons. The third-order valence-electron chi connectivity index (χ3n) is 2.67. The molecule has 0 aromatic carbocycles. The van der Waals surface area contributed by atoms with Crippen LogP contribution in [0.5, 0.6) is 0 Å². The van der Waals surface area contributed by atoms with Gasteiger partial charge in [-0.25, -0.2) is 4.72 Å². The van der Waals surface area contributed by atoms with Crippen LogP contribution in [0.1, 0.15) is 26.2 Å². The first kappa shape index (κ1) is 15.7. The number of rotatable bonds is 5. The number of alkyl halides is 3. The van der Waals surface area contributed by atoms with Crippen molar-refractivity contribution in [1.29, 1.82) is 0 Å². The van der Waals surface area contributed by atoms with Crippen LogP contribution in [0.25, 0.3) is 0 Å². The summed E-state index contributed by atoms with van der Waals surface area (Å²) in [6.45, 7) is 2.11. The summed E-state index contributed by atoms with van der Waals surface area (Å²) in [5.41, 5.74) is 0. The van der Waals surface area contributed by atoms with Crippen molar-refractivity contribution in [2.24, 2.45) is 0 Å². The van der Waals surface area contributed by atoms with Gasteiger partial charge in [0.25, 0.3) is 10.2 Å². The van der Waals surface area contributed by atoms with E-state index in [-0.39, 0.29) is 19.4 Å². The second kappa shape index (κ2) is 6.18. The molecule has 1 heterocycles. The zero-order valence-electron chi connectivity index (χ0n) is 10.0. The van der Waals surface area contributed by atoms with Crippen LogP contribution in [0.2, 0.25) is 0 Å². The van der Waals surface area contributed by atoms with Crippen molar-refractivity contribution in [3.05, 3.63) is 0 Å². The first-order valence-electron chi connectivity index (χ1n) is 5.81. The molecule has 1 fully saturated rings. The lowest BCUT2D eigenvalue weighted by Gasteiger charge is -2.31. The Morgan fingerprint density at radius 3 is 2.44 bits per heavy atom. The summed E-state index contributed by atoms with van der Waals surface area (Å²) in [6, 6.07) is -2.04. The number of hydrogen-bond acceptors (Lipinski definition) is 3. The van der Waals surface area contributed by atoms with E-state index in [1.165, 1.54) is 0 Å². The SMILES string of the molecule is CCCNS(=O)(=O)NC1CCC(C(F)(F)F)NC1. The quantitative estimate of drug-likeness (QED) is 0.690. The lowest BCUT2D eigenvalue weighted by atomic mass is 10.0. The van der Waals surface area contributed by atoms with E-state index in [0.29, 0.717) is 13.0 Å².